The highest BCUT2D eigenvalue weighted by Crippen LogP contribution is 2.34. The molecule has 0 aliphatic heterocycles. The molecule has 2 nitrogen and oxygen atoms in total. The molecule has 0 spiro atoms. The molecule has 4 heteroatoms. The topological polar surface area (TPSA) is 46.2 Å². The maximum atomic E-state index is 10.6. The van der Waals surface area contributed by atoms with E-state index in [1.165, 1.54) is 0 Å². The van der Waals surface area contributed by atoms with Crippen LogP contribution in [0.1, 0.15) is 23.1 Å². The second kappa shape index (κ2) is 6.66. The predicted octanol–water partition coefficient (Wildman–Crippen LogP) is 3.99. The minimum atomic E-state index is -0.623. The smallest absolute Gasteiger partial charge is 0.0881 e. The fourth-order valence-corrected chi connectivity index (χ4v) is 2.87. The molecule has 0 heterocycles. The number of halogens is 2. The van der Waals surface area contributed by atoms with Crippen molar-refractivity contribution in [1.29, 1.82) is 0 Å². The normalized spacial score (nSPS) is 14.1. The van der Waals surface area contributed by atoms with Gasteiger partial charge in [0.2, 0.25) is 0 Å². The third kappa shape index (κ3) is 3.45. The Labute approximate surface area is 129 Å². The van der Waals surface area contributed by atoms with Crippen molar-refractivity contribution in [3.8, 4) is 0 Å². The van der Waals surface area contributed by atoms with Gasteiger partial charge in [0.15, 0.2) is 0 Å². The largest absolute Gasteiger partial charge is 0.388 e. The van der Waals surface area contributed by atoms with Crippen molar-refractivity contribution >= 4 is 31.9 Å². The molecule has 0 saturated heterocycles. The summed E-state index contributed by atoms with van der Waals surface area (Å²) < 4.78 is 1.92. The molecule has 0 saturated carbocycles. The summed E-state index contributed by atoms with van der Waals surface area (Å²) in [5.41, 5.74) is 7.74. The van der Waals surface area contributed by atoms with Crippen LogP contribution in [0.4, 0.5) is 0 Å². The Morgan fingerprint density at radius 2 is 1.63 bits per heavy atom. The van der Waals surface area contributed by atoms with Crippen molar-refractivity contribution in [2.75, 3.05) is 6.54 Å². The van der Waals surface area contributed by atoms with Crippen molar-refractivity contribution in [3.05, 3.63) is 68.6 Å². The molecule has 2 rings (SSSR count). The summed E-state index contributed by atoms with van der Waals surface area (Å²) in [4.78, 5) is 0. The Bertz CT molecular complexity index is 542. The molecular formula is C15H15Br2NO. The van der Waals surface area contributed by atoms with Crippen molar-refractivity contribution < 1.29 is 5.11 Å². The van der Waals surface area contributed by atoms with Crippen LogP contribution >= 0.6 is 31.9 Å². The van der Waals surface area contributed by atoms with E-state index in [1.807, 2.05) is 48.5 Å². The first-order valence-electron chi connectivity index (χ1n) is 6.01. The van der Waals surface area contributed by atoms with Crippen LogP contribution in [-0.2, 0) is 0 Å². The Kier molecular flexibility index (Phi) is 5.16. The number of hydrogen-bond donors (Lipinski definition) is 2. The summed E-state index contributed by atoms with van der Waals surface area (Å²) >= 11 is 6.88. The number of aliphatic hydroxyl groups is 1. The summed E-state index contributed by atoms with van der Waals surface area (Å²) in [5, 5.41) is 10.6. The molecule has 0 aromatic heterocycles. The van der Waals surface area contributed by atoms with Gasteiger partial charge in [0.25, 0.3) is 0 Å². The Hall–Kier alpha value is -0.680. The molecular weight excluding hydrogens is 370 g/mol. The van der Waals surface area contributed by atoms with Crippen LogP contribution in [0, 0.1) is 0 Å². The van der Waals surface area contributed by atoms with Gasteiger partial charge in [-0.2, -0.15) is 0 Å². The van der Waals surface area contributed by atoms with E-state index in [-0.39, 0.29) is 5.92 Å². The Balaban J connectivity index is 2.32. The number of benzene rings is 2. The SMILES string of the molecule is NCC(c1ccc(Br)cc1)C(O)c1ccccc1Br. The van der Waals surface area contributed by atoms with Crippen molar-refractivity contribution in [2.45, 2.75) is 12.0 Å². The average molecular weight is 385 g/mol. The molecule has 0 aliphatic rings. The molecule has 2 aromatic rings. The second-order valence-corrected chi connectivity index (χ2v) is 6.13. The molecule has 0 aliphatic carbocycles. The van der Waals surface area contributed by atoms with E-state index in [2.05, 4.69) is 31.9 Å². The van der Waals surface area contributed by atoms with Crippen LogP contribution in [0.3, 0.4) is 0 Å². The minimum absolute atomic E-state index is 0.119. The van der Waals surface area contributed by atoms with Gasteiger partial charge in [-0.25, -0.2) is 0 Å². The first-order chi connectivity index (χ1) is 9.13. The van der Waals surface area contributed by atoms with Crippen LogP contribution < -0.4 is 5.73 Å². The molecule has 2 unspecified atom stereocenters. The summed E-state index contributed by atoms with van der Waals surface area (Å²) in [7, 11) is 0. The van der Waals surface area contributed by atoms with Crippen molar-refractivity contribution in [3.63, 3.8) is 0 Å². The number of rotatable bonds is 4. The second-order valence-electron chi connectivity index (χ2n) is 4.36. The number of nitrogens with two attached hydrogens (primary N) is 1. The lowest BCUT2D eigenvalue weighted by molar-refractivity contribution is 0.146. The van der Waals surface area contributed by atoms with Crippen LogP contribution in [-0.4, -0.2) is 11.7 Å². The maximum Gasteiger partial charge on any atom is 0.0881 e. The Morgan fingerprint density at radius 3 is 2.21 bits per heavy atom. The standard InChI is InChI=1S/C15H15Br2NO/c16-11-7-5-10(6-8-11)13(9-18)15(19)12-3-1-2-4-14(12)17/h1-8,13,15,19H,9,18H2. The number of hydrogen-bond acceptors (Lipinski definition) is 2. The molecule has 2 atom stereocenters. The van der Waals surface area contributed by atoms with Crippen LogP contribution in [0.2, 0.25) is 0 Å². The van der Waals surface area contributed by atoms with Crippen LogP contribution in [0.25, 0.3) is 0 Å². The fraction of sp³-hybridized carbons (Fsp3) is 0.200. The highest BCUT2D eigenvalue weighted by atomic mass is 79.9. The molecule has 100 valence electrons. The third-order valence-electron chi connectivity index (χ3n) is 3.16. The van der Waals surface area contributed by atoms with E-state index in [0.717, 1.165) is 20.1 Å². The zero-order valence-electron chi connectivity index (χ0n) is 10.3. The predicted molar refractivity (Wildman–Crippen MR) is 85.0 cm³/mol. The molecule has 0 fully saturated rings. The van der Waals surface area contributed by atoms with Gasteiger partial charge >= 0.3 is 0 Å². The van der Waals surface area contributed by atoms with E-state index in [1.54, 1.807) is 0 Å². The molecule has 0 bridgehead atoms. The van der Waals surface area contributed by atoms with Gasteiger partial charge in [-0.05, 0) is 29.3 Å². The zero-order valence-corrected chi connectivity index (χ0v) is 13.4. The molecule has 2 aromatic carbocycles. The molecule has 0 radical (unpaired) electrons. The summed E-state index contributed by atoms with van der Waals surface area (Å²) in [6.45, 7) is 0.393. The maximum absolute atomic E-state index is 10.6. The van der Waals surface area contributed by atoms with E-state index >= 15 is 0 Å². The van der Waals surface area contributed by atoms with Crippen molar-refractivity contribution in [1.82, 2.24) is 0 Å². The lowest BCUT2D eigenvalue weighted by atomic mass is 9.89. The van der Waals surface area contributed by atoms with Gasteiger partial charge in [0, 0.05) is 21.4 Å². The quantitative estimate of drug-likeness (QED) is 0.837. The van der Waals surface area contributed by atoms with E-state index in [0.29, 0.717) is 6.54 Å². The Morgan fingerprint density at radius 1 is 1.00 bits per heavy atom. The van der Waals surface area contributed by atoms with Gasteiger partial charge in [-0.1, -0.05) is 62.2 Å². The average Bonchev–Trinajstić information content (AvgIpc) is 2.42. The lowest BCUT2D eigenvalue weighted by Gasteiger charge is -2.23. The monoisotopic (exact) mass is 383 g/mol. The summed E-state index contributed by atoms with van der Waals surface area (Å²) in [6, 6.07) is 15.6. The van der Waals surface area contributed by atoms with Crippen LogP contribution in [0.15, 0.2) is 57.5 Å². The van der Waals surface area contributed by atoms with Gasteiger partial charge in [-0.3, -0.25) is 0 Å². The molecule has 19 heavy (non-hydrogen) atoms. The lowest BCUT2D eigenvalue weighted by Crippen LogP contribution is -2.20. The first kappa shape index (κ1) is 14.7. The summed E-state index contributed by atoms with van der Waals surface area (Å²) in [5.74, 6) is -0.119. The molecule has 3 N–H and O–H groups in total. The van der Waals surface area contributed by atoms with Crippen LogP contribution in [0.5, 0.6) is 0 Å². The first-order valence-corrected chi connectivity index (χ1v) is 7.60. The van der Waals surface area contributed by atoms with E-state index < -0.39 is 6.10 Å². The number of aliphatic hydroxyl groups excluding tert-OH is 1. The van der Waals surface area contributed by atoms with E-state index in [9.17, 15) is 5.11 Å². The minimum Gasteiger partial charge on any atom is -0.388 e. The highest BCUT2D eigenvalue weighted by Gasteiger charge is 2.22. The molecule has 0 amide bonds. The van der Waals surface area contributed by atoms with Gasteiger partial charge in [0.05, 0.1) is 6.10 Å². The zero-order chi connectivity index (χ0) is 13.8. The van der Waals surface area contributed by atoms with Gasteiger partial charge < -0.3 is 10.8 Å². The van der Waals surface area contributed by atoms with Gasteiger partial charge in [-0.15, -0.1) is 0 Å². The highest BCUT2D eigenvalue weighted by molar-refractivity contribution is 9.10. The summed E-state index contributed by atoms with van der Waals surface area (Å²) in [6.07, 6.45) is -0.623. The van der Waals surface area contributed by atoms with E-state index in [4.69, 9.17) is 5.73 Å². The van der Waals surface area contributed by atoms with Gasteiger partial charge in [0.1, 0.15) is 0 Å². The fourth-order valence-electron chi connectivity index (χ4n) is 2.09. The third-order valence-corrected chi connectivity index (χ3v) is 4.41. The van der Waals surface area contributed by atoms with Crippen molar-refractivity contribution in [2.24, 2.45) is 5.73 Å².